The van der Waals surface area contributed by atoms with Crippen molar-refractivity contribution in [1.82, 2.24) is 4.98 Å². The number of aliphatic hydroxyl groups is 1. The Bertz CT molecular complexity index is 453. The van der Waals surface area contributed by atoms with Gasteiger partial charge >= 0.3 is 5.97 Å². The minimum absolute atomic E-state index is 0.0989. The molecule has 0 aromatic carbocycles. The molecule has 2 rings (SSSR count). The second-order valence-electron chi connectivity index (χ2n) is 4.48. The maximum atomic E-state index is 11.1. The molecule has 1 aromatic rings. The van der Waals surface area contributed by atoms with Crippen LogP contribution < -0.4 is 5.32 Å². The lowest BCUT2D eigenvalue weighted by molar-refractivity contribution is 0.0697. The summed E-state index contributed by atoms with van der Waals surface area (Å²) < 4.78 is 0.635. The van der Waals surface area contributed by atoms with Crippen molar-refractivity contribution in [2.24, 2.45) is 5.92 Å². The fourth-order valence-corrected chi connectivity index (χ4v) is 2.67. The van der Waals surface area contributed by atoms with Crippen LogP contribution in [0.4, 0.5) is 5.82 Å². The van der Waals surface area contributed by atoms with Gasteiger partial charge in [-0.15, -0.1) is 0 Å². The van der Waals surface area contributed by atoms with Crippen LogP contribution in [-0.4, -0.2) is 33.8 Å². The van der Waals surface area contributed by atoms with Crippen LogP contribution in [0, 0.1) is 5.92 Å². The largest absolute Gasteiger partial charge is 0.478 e. The number of nitrogens with zero attached hydrogens (tertiary/aromatic N) is 1. The number of carboxylic acid groups (broad SMARTS) is 1. The zero-order chi connectivity index (χ0) is 13.1. The van der Waals surface area contributed by atoms with Gasteiger partial charge in [-0.2, -0.15) is 0 Å². The lowest BCUT2D eigenvalue weighted by Gasteiger charge is -2.20. The van der Waals surface area contributed by atoms with E-state index in [0.29, 0.717) is 10.3 Å². The van der Waals surface area contributed by atoms with Crippen LogP contribution in [0.25, 0.3) is 0 Å². The SMILES string of the molecule is O=C(O)c1cc(Br)cnc1NC1CCCC1CO. The number of aromatic nitrogens is 1. The summed E-state index contributed by atoms with van der Waals surface area (Å²) in [5.41, 5.74) is 0.146. The Kier molecular flexibility index (Phi) is 4.19. The number of halogens is 1. The van der Waals surface area contributed by atoms with E-state index in [1.807, 2.05) is 0 Å². The Labute approximate surface area is 113 Å². The second kappa shape index (κ2) is 5.67. The normalized spacial score (nSPS) is 23.0. The van der Waals surface area contributed by atoms with Crippen LogP contribution in [0.2, 0.25) is 0 Å². The Hall–Kier alpha value is -1.14. The number of carbonyl (C=O) groups is 1. The molecule has 1 heterocycles. The molecule has 0 aliphatic heterocycles. The molecule has 5 nitrogen and oxygen atoms in total. The summed E-state index contributed by atoms with van der Waals surface area (Å²) in [6.45, 7) is 0.122. The topological polar surface area (TPSA) is 82.5 Å². The molecule has 2 atom stereocenters. The Morgan fingerprint density at radius 2 is 2.33 bits per heavy atom. The molecule has 1 fully saturated rings. The number of hydrogen-bond donors (Lipinski definition) is 3. The van der Waals surface area contributed by atoms with Gasteiger partial charge in [0.2, 0.25) is 0 Å². The highest BCUT2D eigenvalue weighted by Gasteiger charge is 2.28. The molecule has 6 heteroatoms. The Morgan fingerprint density at radius 3 is 3.00 bits per heavy atom. The third-order valence-corrected chi connectivity index (χ3v) is 3.73. The fraction of sp³-hybridized carbons (Fsp3) is 0.500. The first kappa shape index (κ1) is 13.3. The predicted octanol–water partition coefficient (Wildman–Crippen LogP) is 2.12. The van der Waals surface area contributed by atoms with E-state index < -0.39 is 5.97 Å². The quantitative estimate of drug-likeness (QED) is 0.793. The molecule has 2 unspecified atom stereocenters. The number of pyridine rings is 1. The van der Waals surface area contributed by atoms with Crippen LogP contribution in [0.3, 0.4) is 0 Å². The third kappa shape index (κ3) is 2.81. The first-order chi connectivity index (χ1) is 8.61. The molecule has 0 radical (unpaired) electrons. The first-order valence-electron chi connectivity index (χ1n) is 5.88. The zero-order valence-electron chi connectivity index (χ0n) is 9.77. The summed E-state index contributed by atoms with van der Waals surface area (Å²) in [4.78, 5) is 15.3. The van der Waals surface area contributed by atoms with Crippen LogP contribution in [0.15, 0.2) is 16.7 Å². The molecule has 0 saturated heterocycles. The van der Waals surface area contributed by atoms with Crippen LogP contribution in [0.1, 0.15) is 29.6 Å². The highest BCUT2D eigenvalue weighted by Crippen LogP contribution is 2.29. The van der Waals surface area contributed by atoms with Crippen molar-refractivity contribution in [2.45, 2.75) is 25.3 Å². The smallest absolute Gasteiger partial charge is 0.339 e. The monoisotopic (exact) mass is 314 g/mol. The molecule has 0 amide bonds. The number of anilines is 1. The van der Waals surface area contributed by atoms with E-state index in [2.05, 4.69) is 26.2 Å². The molecule has 1 aliphatic carbocycles. The van der Waals surface area contributed by atoms with Gasteiger partial charge in [0.15, 0.2) is 0 Å². The van der Waals surface area contributed by atoms with E-state index in [1.165, 1.54) is 6.07 Å². The second-order valence-corrected chi connectivity index (χ2v) is 5.39. The lowest BCUT2D eigenvalue weighted by atomic mass is 10.0. The maximum absolute atomic E-state index is 11.1. The van der Waals surface area contributed by atoms with Gasteiger partial charge in [-0.1, -0.05) is 6.42 Å². The summed E-state index contributed by atoms with van der Waals surface area (Å²) in [5, 5.41) is 21.5. The van der Waals surface area contributed by atoms with Crippen molar-refractivity contribution in [3.8, 4) is 0 Å². The number of aliphatic hydroxyl groups excluding tert-OH is 1. The Morgan fingerprint density at radius 1 is 1.56 bits per heavy atom. The lowest BCUT2D eigenvalue weighted by Crippen LogP contribution is -2.27. The van der Waals surface area contributed by atoms with E-state index in [4.69, 9.17) is 5.11 Å². The highest BCUT2D eigenvalue weighted by molar-refractivity contribution is 9.10. The van der Waals surface area contributed by atoms with Crippen molar-refractivity contribution in [2.75, 3.05) is 11.9 Å². The number of nitrogens with one attached hydrogen (secondary N) is 1. The van der Waals surface area contributed by atoms with E-state index in [1.54, 1.807) is 6.20 Å². The molecule has 1 aliphatic rings. The summed E-state index contributed by atoms with van der Waals surface area (Å²) in [6.07, 6.45) is 4.51. The average Bonchev–Trinajstić information content (AvgIpc) is 2.78. The number of hydrogen-bond acceptors (Lipinski definition) is 4. The van der Waals surface area contributed by atoms with Crippen molar-refractivity contribution in [3.05, 3.63) is 22.3 Å². The molecular formula is C12H15BrN2O3. The van der Waals surface area contributed by atoms with Crippen LogP contribution in [-0.2, 0) is 0 Å². The van der Waals surface area contributed by atoms with Crippen molar-refractivity contribution < 1.29 is 15.0 Å². The molecule has 18 heavy (non-hydrogen) atoms. The number of rotatable bonds is 4. The third-order valence-electron chi connectivity index (χ3n) is 3.30. The van der Waals surface area contributed by atoms with Gasteiger partial charge in [-0.05, 0) is 34.8 Å². The van der Waals surface area contributed by atoms with E-state index in [9.17, 15) is 9.90 Å². The van der Waals surface area contributed by atoms with Gasteiger partial charge in [0.05, 0.1) is 0 Å². The predicted molar refractivity (Wildman–Crippen MR) is 70.7 cm³/mol. The van der Waals surface area contributed by atoms with E-state index in [-0.39, 0.29) is 24.1 Å². The zero-order valence-corrected chi connectivity index (χ0v) is 11.4. The molecular weight excluding hydrogens is 300 g/mol. The van der Waals surface area contributed by atoms with Crippen molar-refractivity contribution in [3.63, 3.8) is 0 Å². The first-order valence-corrected chi connectivity index (χ1v) is 6.67. The minimum atomic E-state index is -1.01. The standard InChI is InChI=1S/C12H15BrN2O3/c13-8-4-9(12(17)18)11(14-5-8)15-10-3-1-2-7(10)6-16/h4-5,7,10,16H,1-3,6H2,(H,14,15)(H,17,18). The molecule has 1 aromatic heterocycles. The van der Waals surface area contributed by atoms with Gasteiger partial charge in [0, 0.05) is 29.2 Å². The molecule has 98 valence electrons. The molecule has 1 saturated carbocycles. The summed E-state index contributed by atoms with van der Waals surface area (Å²) in [7, 11) is 0. The average molecular weight is 315 g/mol. The summed E-state index contributed by atoms with van der Waals surface area (Å²) >= 11 is 3.21. The molecule has 3 N–H and O–H groups in total. The number of aromatic carboxylic acids is 1. The highest BCUT2D eigenvalue weighted by atomic mass is 79.9. The van der Waals surface area contributed by atoms with Crippen molar-refractivity contribution in [1.29, 1.82) is 0 Å². The maximum Gasteiger partial charge on any atom is 0.339 e. The molecule has 0 bridgehead atoms. The van der Waals surface area contributed by atoms with Gasteiger partial charge in [0.1, 0.15) is 11.4 Å². The Balaban J connectivity index is 2.20. The fourth-order valence-electron chi connectivity index (χ4n) is 2.34. The van der Waals surface area contributed by atoms with E-state index in [0.717, 1.165) is 19.3 Å². The van der Waals surface area contributed by atoms with Gasteiger partial charge in [-0.25, -0.2) is 9.78 Å². The van der Waals surface area contributed by atoms with Gasteiger partial charge in [0.25, 0.3) is 0 Å². The summed E-state index contributed by atoms with van der Waals surface area (Å²) in [6, 6.07) is 1.63. The number of carboxylic acids is 1. The summed E-state index contributed by atoms with van der Waals surface area (Å²) in [5.74, 6) is -0.460. The van der Waals surface area contributed by atoms with Gasteiger partial charge < -0.3 is 15.5 Å². The van der Waals surface area contributed by atoms with Crippen LogP contribution in [0.5, 0.6) is 0 Å². The molecule has 0 spiro atoms. The van der Waals surface area contributed by atoms with Crippen molar-refractivity contribution >= 4 is 27.7 Å². The van der Waals surface area contributed by atoms with Crippen LogP contribution >= 0.6 is 15.9 Å². The van der Waals surface area contributed by atoms with Gasteiger partial charge in [-0.3, -0.25) is 0 Å². The minimum Gasteiger partial charge on any atom is -0.478 e. The van der Waals surface area contributed by atoms with E-state index >= 15 is 0 Å².